The number of likely N-dealkylation sites (tertiary alicyclic amines) is 1. The monoisotopic (exact) mass is 517 g/mol. The quantitative estimate of drug-likeness (QED) is 0.295. The summed E-state index contributed by atoms with van der Waals surface area (Å²) < 4.78 is 45.0. The minimum atomic E-state index is -4.38. The van der Waals surface area contributed by atoms with Gasteiger partial charge in [0, 0.05) is 6.04 Å². The molecule has 0 bridgehead atoms. The van der Waals surface area contributed by atoms with Gasteiger partial charge in [0.05, 0.1) is 18.1 Å². The summed E-state index contributed by atoms with van der Waals surface area (Å²) in [5.41, 5.74) is 2.91. The highest BCUT2D eigenvalue weighted by molar-refractivity contribution is 5.79. The number of rotatable bonds is 10. The van der Waals surface area contributed by atoms with E-state index in [9.17, 15) is 18.0 Å². The van der Waals surface area contributed by atoms with E-state index in [1.807, 2.05) is 13.0 Å². The third-order valence-electron chi connectivity index (χ3n) is 7.20. The first-order valence-corrected chi connectivity index (χ1v) is 13.7. The zero-order chi connectivity index (χ0) is 27.2. The third kappa shape index (κ3) is 8.07. The highest BCUT2D eigenvalue weighted by Crippen LogP contribution is 2.38. The van der Waals surface area contributed by atoms with Crippen molar-refractivity contribution in [2.75, 3.05) is 19.7 Å². The van der Waals surface area contributed by atoms with Gasteiger partial charge in [-0.05, 0) is 98.0 Å². The topological polar surface area (TPSA) is 29.5 Å². The summed E-state index contributed by atoms with van der Waals surface area (Å²) in [5.74, 6) is 0.230. The van der Waals surface area contributed by atoms with E-state index in [4.69, 9.17) is 4.74 Å². The van der Waals surface area contributed by atoms with Gasteiger partial charge in [0.25, 0.3) is 0 Å². The number of halogens is 3. The maximum Gasteiger partial charge on any atom is 0.416 e. The first-order valence-electron chi connectivity index (χ1n) is 13.7. The molecule has 1 aliphatic rings. The van der Waals surface area contributed by atoms with Crippen molar-refractivity contribution in [1.82, 2.24) is 4.90 Å². The molecule has 1 fully saturated rings. The second kappa shape index (κ2) is 12.9. The number of benzene rings is 2. The van der Waals surface area contributed by atoms with Gasteiger partial charge in [0.1, 0.15) is 0 Å². The Balaban J connectivity index is 2.10. The molecule has 2 unspecified atom stereocenters. The Labute approximate surface area is 220 Å². The molecule has 1 saturated heterocycles. The first kappa shape index (κ1) is 29.2. The van der Waals surface area contributed by atoms with E-state index in [0.29, 0.717) is 24.5 Å². The largest absolute Gasteiger partial charge is 0.466 e. The SMILES string of the molecule is CCOC(=O)C(CC(C)C)c1cc(-c2ccc(C(F)(F)F)cc2)cc(C2CCCCN2CCC(C)C)c1. The molecule has 0 spiro atoms. The van der Waals surface area contributed by atoms with Gasteiger partial charge >= 0.3 is 12.1 Å². The highest BCUT2D eigenvalue weighted by atomic mass is 19.4. The third-order valence-corrected chi connectivity index (χ3v) is 7.20. The molecule has 0 saturated carbocycles. The Morgan fingerprint density at radius 1 is 1.00 bits per heavy atom. The lowest BCUT2D eigenvalue weighted by molar-refractivity contribution is -0.145. The van der Waals surface area contributed by atoms with Crippen molar-refractivity contribution in [3.05, 3.63) is 59.2 Å². The maximum atomic E-state index is 13.2. The fourth-order valence-electron chi connectivity index (χ4n) is 5.23. The molecule has 0 amide bonds. The van der Waals surface area contributed by atoms with Crippen molar-refractivity contribution >= 4 is 5.97 Å². The van der Waals surface area contributed by atoms with Crippen molar-refractivity contribution in [1.29, 1.82) is 0 Å². The van der Waals surface area contributed by atoms with Crippen LogP contribution in [-0.4, -0.2) is 30.6 Å². The molecule has 2 atom stereocenters. The van der Waals surface area contributed by atoms with Crippen LogP contribution in [0.5, 0.6) is 0 Å². The summed E-state index contributed by atoms with van der Waals surface area (Å²) >= 11 is 0. The molecule has 6 heteroatoms. The highest BCUT2D eigenvalue weighted by Gasteiger charge is 2.31. The molecular weight excluding hydrogens is 475 g/mol. The summed E-state index contributed by atoms with van der Waals surface area (Å²) in [4.78, 5) is 15.6. The summed E-state index contributed by atoms with van der Waals surface area (Å²) in [7, 11) is 0. The number of esters is 1. The zero-order valence-electron chi connectivity index (χ0n) is 22.9. The minimum absolute atomic E-state index is 0.225. The van der Waals surface area contributed by atoms with Crippen LogP contribution in [0.4, 0.5) is 13.2 Å². The predicted octanol–water partition coefficient (Wildman–Crippen LogP) is 8.64. The zero-order valence-corrected chi connectivity index (χ0v) is 22.9. The average molecular weight is 518 g/mol. The Morgan fingerprint density at radius 3 is 2.30 bits per heavy atom. The van der Waals surface area contributed by atoms with Gasteiger partial charge in [0.15, 0.2) is 0 Å². The van der Waals surface area contributed by atoms with Crippen LogP contribution in [0.1, 0.15) is 95.4 Å². The number of hydrogen-bond acceptors (Lipinski definition) is 3. The van der Waals surface area contributed by atoms with Gasteiger partial charge < -0.3 is 4.74 Å². The second-order valence-corrected chi connectivity index (χ2v) is 11.1. The molecule has 2 aromatic carbocycles. The van der Waals surface area contributed by atoms with E-state index in [1.54, 1.807) is 0 Å². The Hall–Kier alpha value is -2.34. The van der Waals surface area contributed by atoms with Crippen LogP contribution in [0, 0.1) is 11.8 Å². The number of nitrogens with zero attached hydrogens (tertiary/aromatic N) is 1. The molecule has 204 valence electrons. The lowest BCUT2D eigenvalue weighted by Crippen LogP contribution is -2.34. The molecule has 3 rings (SSSR count). The minimum Gasteiger partial charge on any atom is -0.466 e. The molecule has 37 heavy (non-hydrogen) atoms. The van der Waals surface area contributed by atoms with Crippen LogP contribution in [0.2, 0.25) is 0 Å². The number of piperidine rings is 1. The predicted molar refractivity (Wildman–Crippen MR) is 143 cm³/mol. The molecule has 3 nitrogen and oxygen atoms in total. The molecule has 1 aliphatic heterocycles. The number of carbonyl (C=O) groups excluding carboxylic acids is 1. The van der Waals surface area contributed by atoms with Gasteiger partial charge in [-0.2, -0.15) is 13.2 Å². The Kier molecular flexibility index (Phi) is 10.2. The van der Waals surface area contributed by atoms with Crippen molar-refractivity contribution in [2.45, 2.75) is 84.9 Å². The lowest BCUT2D eigenvalue weighted by Gasteiger charge is -2.37. The van der Waals surface area contributed by atoms with E-state index >= 15 is 0 Å². The molecular formula is C31H42F3NO2. The number of ether oxygens (including phenoxy) is 1. The summed E-state index contributed by atoms with van der Waals surface area (Å²) in [6.07, 6.45) is 0.713. The van der Waals surface area contributed by atoms with Crippen LogP contribution in [0.3, 0.4) is 0 Å². The van der Waals surface area contributed by atoms with Crippen molar-refractivity contribution in [2.24, 2.45) is 11.8 Å². The lowest BCUT2D eigenvalue weighted by atomic mass is 9.84. The fourth-order valence-corrected chi connectivity index (χ4v) is 5.23. The van der Waals surface area contributed by atoms with Crippen LogP contribution in [-0.2, 0) is 15.7 Å². The van der Waals surface area contributed by atoms with Gasteiger partial charge in [-0.1, -0.05) is 58.4 Å². The maximum absolute atomic E-state index is 13.2. The molecule has 2 aromatic rings. The van der Waals surface area contributed by atoms with Gasteiger partial charge in [-0.3, -0.25) is 9.69 Å². The van der Waals surface area contributed by atoms with E-state index in [-0.39, 0.29) is 17.9 Å². The molecule has 0 N–H and O–H groups in total. The average Bonchev–Trinajstić information content (AvgIpc) is 2.85. The molecule has 0 aliphatic carbocycles. The van der Waals surface area contributed by atoms with Crippen LogP contribution in [0.15, 0.2) is 42.5 Å². The molecule has 0 aromatic heterocycles. The summed E-state index contributed by atoms with van der Waals surface area (Å²) in [5, 5.41) is 0. The number of carbonyl (C=O) groups is 1. The number of alkyl halides is 3. The first-order chi connectivity index (χ1) is 17.5. The molecule has 0 radical (unpaired) electrons. The molecule has 1 heterocycles. The van der Waals surface area contributed by atoms with Crippen LogP contribution >= 0.6 is 0 Å². The fraction of sp³-hybridized carbons (Fsp3) is 0.581. The normalized spacial score (nSPS) is 17.8. The van der Waals surface area contributed by atoms with E-state index < -0.39 is 17.7 Å². The van der Waals surface area contributed by atoms with E-state index in [2.05, 4.69) is 44.7 Å². The van der Waals surface area contributed by atoms with Crippen molar-refractivity contribution in [3.63, 3.8) is 0 Å². The van der Waals surface area contributed by atoms with Crippen LogP contribution in [0.25, 0.3) is 11.1 Å². The second-order valence-electron chi connectivity index (χ2n) is 11.1. The summed E-state index contributed by atoms with van der Waals surface area (Å²) in [6.45, 7) is 12.8. The number of hydrogen-bond donors (Lipinski definition) is 0. The van der Waals surface area contributed by atoms with Crippen LogP contribution < -0.4 is 0 Å². The van der Waals surface area contributed by atoms with E-state index in [1.165, 1.54) is 18.6 Å². The van der Waals surface area contributed by atoms with Crippen molar-refractivity contribution < 1.29 is 22.7 Å². The van der Waals surface area contributed by atoms with Gasteiger partial charge in [-0.15, -0.1) is 0 Å². The van der Waals surface area contributed by atoms with E-state index in [0.717, 1.165) is 61.2 Å². The Bertz CT molecular complexity index is 1010. The summed E-state index contributed by atoms with van der Waals surface area (Å²) in [6, 6.07) is 11.8. The van der Waals surface area contributed by atoms with Crippen molar-refractivity contribution in [3.8, 4) is 11.1 Å². The standard InChI is InChI=1S/C31H42F3NO2/c1-6-37-30(36)28(17-22(4)5)25-18-24(23-10-12-27(13-11-23)31(32,33)34)19-26(20-25)29-9-7-8-15-35(29)16-14-21(2)3/h10-13,18-22,28-29H,6-9,14-17H2,1-5H3. The van der Waals surface area contributed by atoms with Gasteiger partial charge in [-0.25, -0.2) is 0 Å². The Morgan fingerprint density at radius 2 is 1.70 bits per heavy atom. The van der Waals surface area contributed by atoms with Gasteiger partial charge in [0.2, 0.25) is 0 Å². The smallest absolute Gasteiger partial charge is 0.416 e.